The van der Waals surface area contributed by atoms with Crippen molar-refractivity contribution in [1.29, 1.82) is 0 Å². The first-order valence-corrected chi connectivity index (χ1v) is 7.13. The van der Waals surface area contributed by atoms with Gasteiger partial charge in [-0.25, -0.2) is 13.6 Å². The van der Waals surface area contributed by atoms with Gasteiger partial charge in [-0.3, -0.25) is 4.79 Å². The lowest BCUT2D eigenvalue weighted by molar-refractivity contribution is 0.0826. The van der Waals surface area contributed by atoms with Crippen molar-refractivity contribution in [3.63, 3.8) is 0 Å². The van der Waals surface area contributed by atoms with Gasteiger partial charge in [0.2, 0.25) is 10.0 Å². The largest absolute Gasteiger partial charge is 0.345 e. The molecule has 0 heterocycles. The van der Waals surface area contributed by atoms with Crippen molar-refractivity contribution >= 4 is 15.9 Å². The third-order valence-electron chi connectivity index (χ3n) is 2.17. The molecule has 0 spiro atoms. The Morgan fingerprint density at radius 3 is 2.11 bits per heavy atom. The van der Waals surface area contributed by atoms with Gasteiger partial charge in [0.05, 0.1) is 4.90 Å². The molecule has 6 heteroatoms. The van der Waals surface area contributed by atoms with Crippen LogP contribution in [0.5, 0.6) is 0 Å². The van der Waals surface area contributed by atoms with Crippen LogP contribution in [0.3, 0.4) is 0 Å². The number of amides is 1. The van der Waals surface area contributed by atoms with Crippen LogP contribution in [0.15, 0.2) is 23.1 Å². The molecule has 0 bridgehead atoms. The van der Waals surface area contributed by atoms with Crippen LogP contribution in [-0.2, 0) is 10.0 Å². The molecule has 0 aliphatic rings. The molecule has 18 heavy (non-hydrogen) atoms. The average Bonchev–Trinajstić information content (AvgIpc) is 2.29. The minimum absolute atomic E-state index is 0.0525. The Kier molecular flexibility index (Phi) is 6.00. The zero-order valence-corrected chi connectivity index (χ0v) is 12.2. The van der Waals surface area contributed by atoms with E-state index >= 15 is 0 Å². The summed E-state index contributed by atoms with van der Waals surface area (Å²) >= 11 is 0. The third-order valence-corrected chi connectivity index (χ3v) is 3.09. The summed E-state index contributed by atoms with van der Waals surface area (Å²) in [4.78, 5) is 13.1. The number of rotatable bonds is 2. The molecule has 0 saturated carbocycles. The molecule has 5 nitrogen and oxygen atoms in total. The molecule has 0 radical (unpaired) electrons. The third kappa shape index (κ3) is 4.12. The fourth-order valence-corrected chi connectivity index (χ4v) is 1.79. The minimum Gasteiger partial charge on any atom is -0.345 e. The minimum atomic E-state index is -3.77. The summed E-state index contributed by atoms with van der Waals surface area (Å²) in [6, 6.07) is 4.25. The fraction of sp³-hybridized carbons (Fsp3) is 0.417. The van der Waals surface area contributed by atoms with E-state index in [4.69, 9.17) is 5.14 Å². The second-order valence-electron chi connectivity index (χ2n) is 3.72. The van der Waals surface area contributed by atoms with E-state index in [9.17, 15) is 13.2 Å². The van der Waals surface area contributed by atoms with Crippen molar-refractivity contribution < 1.29 is 13.2 Å². The Morgan fingerprint density at radius 1 is 1.22 bits per heavy atom. The molecule has 2 N–H and O–H groups in total. The van der Waals surface area contributed by atoms with Crippen molar-refractivity contribution in [3.05, 3.63) is 29.3 Å². The summed E-state index contributed by atoms with van der Waals surface area (Å²) in [6.07, 6.45) is 0. The predicted molar refractivity (Wildman–Crippen MR) is 71.9 cm³/mol. The van der Waals surface area contributed by atoms with Crippen LogP contribution >= 0.6 is 0 Å². The summed E-state index contributed by atoms with van der Waals surface area (Å²) in [5, 5.41) is 5.00. The predicted octanol–water partition coefficient (Wildman–Crippen LogP) is 1.37. The highest BCUT2D eigenvalue weighted by atomic mass is 32.2. The summed E-state index contributed by atoms with van der Waals surface area (Å²) in [7, 11) is -0.567. The number of carbonyl (C=O) groups is 1. The van der Waals surface area contributed by atoms with Gasteiger partial charge in [0, 0.05) is 19.7 Å². The Hall–Kier alpha value is -1.40. The van der Waals surface area contributed by atoms with Gasteiger partial charge in [-0.1, -0.05) is 19.9 Å². The molecule has 0 saturated heterocycles. The normalized spacial score (nSPS) is 10.3. The van der Waals surface area contributed by atoms with Crippen LogP contribution in [0.25, 0.3) is 0 Å². The van der Waals surface area contributed by atoms with Crippen LogP contribution in [0.2, 0.25) is 0 Å². The number of carbonyl (C=O) groups excluding carboxylic acids is 1. The molecule has 1 aromatic rings. The van der Waals surface area contributed by atoms with Crippen molar-refractivity contribution in [2.24, 2.45) is 5.14 Å². The quantitative estimate of drug-likeness (QED) is 0.883. The van der Waals surface area contributed by atoms with Crippen molar-refractivity contribution in [2.75, 3.05) is 14.1 Å². The Morgan fingerprint density at radius 2 is 1.72 bits per heavy atom. The van der Waals surface area contributed by atoms with Crippen LogP contribution in [-0.4, -0.2) is 33.3 Å². The molecular formula is C12H20N2O3S. The number of aryl methyl sites for hydroxylation is 1. The van der Waals surface area contributed by atoms with E-state index in [2.05, 4.69) is 0 Å². The van der Waals surface area contributed by atoms with Gasteiger partial charge in [-0.15, -0.1) is 0 Å². The molecule has 0 aromatic heterocycles. The SMILES string of the molecule is CC.Cc1ccc(S(N)(=O)=O)cc1C(=O)N(C)C. The van der Waals surface area contributed by atoms with Crippen LogP contribution in [0.1, 0.15) is 29.8 Å². The van der Waals surface area contributed by atoms with Gasteiger partial charge in [0.1, 0.15) is 0 Å². The van der Waals surface area contributed by atoms with Gasteiger partial charge in [-0.2, -0.15) is 0 Å². The van der Waals surface area contributed by atoms with E-state index in [0.29, 0.717) is 11.1 Å². The maximum absolute atomic E-state index is 11.7. The second-order valence-corrected chi connectivity index (χ2v) is 5.28. The van der Waals surface area contributed by atoms with Crippen molar-refractivity contribution in [2.45, 2.75) is 25.7 Å². The summed E-state index contributed by atoms with van der Waals surface area (Å²) in [5.74, 6) is -0.247. The zero-order chi connectivity index (χ0) is 14.5. The van der Waals surface area contributed by atoms with Crippen molar-refractivity contribution in [1.82, 2.24) is 4.90 Å². The van der Waals surface area contributed by atoms with Crippen molar-refractivity contribution in [3.8, 4) is 0 Å². The molecule has 0 fully saturated rings. The van der Waals surface area contributed by atoms with E-state index in [1.807, 2.05) is 13.8 Å². The molecule has 1 rings (SSSR count). The summed E-state index contributed by atoms with van der Waals surface area (Å²) < 4.78 is 22.3. The topological polar surface area (TPSA) is 80.5 Å². The zero-order valence-electron chi connectivity index (χ0n) is 11.4. The van der Waals surface area contributed by atoms with E-state index in [-0.39, 0.29) is 10.8 Å². The molecule has 0 aliphatic heterocycles. The number of benzene rings is 1. The lowest BCUT2D eigenvalue weighted by Crippen LogP contribution is -2.23. The summed E-state index contributed by atoms with van der Waals surface area (Å²) in [5.41, 5.74) is 1.06. The first-order valence-electron chi connectivity index (χ1n) is 5.58. The molecular weight excluding hydrogens is 252 g/mol. The smallest absolute Gasteiger partial charge is 0.253 e. The Labute approximate surface area is 109 Å². The lowest BCUT2D eigenvalue weighted by atomic mass is 10.1. The van der Waals surface area contributed by atoms with Gasteiger partial charge in [-0.05, 0) is 24.6 Å². The van der Waals surface area contributed by atoms with Gasteiger partial charge >= 0.3 is 0 Å². The van der Waals surface area contributed by atoms with Gasteiger partial charge in [0.15, 0.2) is 0 Å². The maximum atomic E-state index is 11.7. The summed E-state index contributed by atoms with van der Waals surface area (Å²) in [6.45, 7) is 5.74. The van der Waals surface area contributed by atoms with Crippen LogP contribution in [0, 0.1) is 6.92 Å². The van der Waals surface area contributed by atoms with E-state index in [0.717, 1.165) is 0 Å². The Balaban J connectivity index is 0.00000137. The molecule has 0 atom stereocenters. The van der Waals surface area contributed by atoms with Gasteiger partial charge < -0.3 is 4.90 Å². The fourth-order valence-electron chi connectivity index (χ4n) is 1.25. The van der Waals surface area contributed by atoms with E-state index in [1.165, 1.54) is 17.0 Å². The molecule has 102 valence electrons. The highest BCUT2D eigenvalue weighted by Gasteiger charge is 2.15. The maximum Gasteiger partial charge on any atom is 0.253 e. The second kappa shape index (κ2) is 6.51. The molecule has 1 amide bonds. The van der Waals surface area contributed by atoms with E-state index in [1.54, 1.807) is 27.1 Å². The highest BCUT2D eigenvalue weighted by Crippen LogP contribution is 2.15. The standard InChI is InChI=1S/C10H14N2O3S.C2H6/c1-7-4-5-8(16(11,14)15)6-9(7)10(13)12(2)3;1-2/h4-6H,1-3H3,(H2,11,14,15);1-2H3. The average molecular weight is 272 g/mol. The number of hydrogen-bond acceptors (Lipinski definition) is 3. The van der Waals surface area contributed by atoms with Crippen LogP contribution < -0.4 is 5.14 Å². The van der Waals surface area contributed by atoms with E-state index < -0.39 is 10.0 Å². The molecule has 0 unspecified atom stereocenters. The lowest BCUT2D eigenvalue weighted by Gasteiger charge is -2.13. The van der Waals surface area contributed by atoms with Crippen LogP contribution in [0.4, 0.5) is 0 Å². The van der Waals surface area contributed by atoms with Gasteiger partial charge in [0.25, 0.3) is 5.91 Å². The Bertz CT molecular complexity index is 522. The monoisotopic (exact) mass is 272 g/mol. The molecule has 0 aliphatic carbocycles. The first kappa shape index (κ1) is 16.6. The number of hydrogen-bond donors (Lipinski definition) is 1. The first-order chi connectivity index (χ1) is 8.23. The highest BCUT2D eigenvalue weighted by molar-refractivity contribution is 7.89. The molecule has 1 aromatic carbocycles. The number of nitrogens with two attached hydrogens (primary N) is 1. The number of primary sulfonamides is 1. The number of sulfonamides is 1. The number of nitrogens with zero attached hydrogens (tertiary/aromatic N) is 1.